The predicted octanol–water partition coefficient (Wildman–Crippen LogP) is 1.30. The monoisotopic (exact) mass is 481 g/mol. The molecule has 2 aliphatic rings. The number of aliphatic carboxylic acids is 1. The number of alkyl carbamates (subject to hydrolysis) is 1. The van der Waals surface area contributed by atoms with E-state index in [1.165, 1.54) is 16.9 Å². The van der Waals surface area contributed by atoms with Crippen molar-refractivity contribution in [2.45, 2.75) is 12.0 Å². The van der Waals surface area contributed by atoms with Crippen molar-refractivity contribution in [3.8, 4) is 11.1 Å². The van der Waals surface area contributed by atoms with Gasteiger partial charge < -0.3 is 29.7 Å². The molecular formula is C25H27N3O7. The summed E-state index contributed by atoms with van der Waals surface area (Å²) in [5.41, 5.74) is 4.36. The maximum Gasteiger partial charge on any atom is 0.407 e. The molecule has 184 valence electrons. The van der Waals surface area contributed by atoms with E-state index in [-0.39, 0.29) is 38.8 Å². The first kappa shape index (κ1) is 24.2. The zero-order valence-electron chi connectivity index (χ0n) is 19.3. The Kier molecular flexibility index (Phi) is 7.31. The van der Waals surface area contributed by atoms with Gasteiger partial charge in [-0.3, -0.25) is 14.4 Å². The van der Waals surface area contributed by atoms with Crippen LogP contribution in [0.1, 0.15) is 17.0 Å². The summed E-state index contributed by atoms with van der Waals surface area (Å²) < 4.78 is 10.6. The molecule has 3 amide bonds. The lowest BCUT2D eigenvalue weighted by Gasteiger charge is -2.35. The van der Waals surface area contributed by atoms with E-state index >= 15 is 0 Å². The Bertz CT molecular complexity index is 1090. The number of ether oxygens (including phenoxy) is 2. The summed E-state index contributed by atoms with van der Waals surface area (Å²) in [6, 6.07) is 14.9. The molecule has 2 N–H and O–H groups in total. The summed E-state index contributed by atoms with van der Waals surface area (Å²) >= 11 is 0. The van der Waals surface area contributed by atoms with E-state index in [4.69, 9.17) is 14.6 Å². The molecular weight excluding hydrogens is 454 g/mol. The number of nitrogens with one attached hydrogen (secondary N) is 1. The fraction of sp³-hybridized carbons (Fsp3) is 0.360. The molecule has 10 heteroatoms. The van der Waals surface area contributed by atoms with E-state index < -0.39 is 36.5 Å². The molecule has 2 aromatic rings. The van der Waals surface area contributed by atoms with Crippen molar-refractivity contribution in [3.63, 3.8) is 0 Å². The third-order valence-electron chi connectivity index (χ3n) is 6.22. The standard InChI is InChI=1S/C25H27N3O7/c1-34-15-21(24(32)28-11-10-27(13-23(30)31)22(29)12-28)26-25(33)35-14-20-18-8-4-2-6-16(18)17-7-3-5-9-19(17)20/h2-9,20-21H,10-15H2,1H3,(H,26,33)(H,30,31). The molecule has 1 unspecified atom stereocenters. The maximum atomic E-state index is 13.0. The van der Waals surface area contributed by atoms with Crippen molar-refractivity contribution in [2.75, 3.05) is 46.5 Å². The van der Waals surface area contributed by atoms with Crippen LogP contribution >= 0.6 is 0 Å². The van der Waals surface area contributed by atoms with Crippen LogP contribution in [0, 0.1) is 0 Å². The highest BCUT2D eigenvalue weighted by atomic mass is 16.5. The van der Waals surface area contributed by atoms with Crippen molar-refractivity contribution < 1.29 is 33.8 Å². The molecule has 10 nitrogen and oxygen atoms in total. The van der Waals surface area contributed by atoms with Crippen LogP contribution in [-0.4, -0.2) is 91.3 Å². The Labute approximate surface area is 202 Å². The molecule has 0 radical (unpaired) electrons. The maximum absolute atomic E-state index is 13.0. The fourth-order valence-electron chi connectivity index (χ4n) is 4.57. The molecule has 1 saturated heterocycles. The number of fused-ring (bicyclic) bond motifs is 3. The van der Waals surface area contributed by atoms with E-state index in [0.29, 0.717) is 0 Å². The number of hydrogen-bond donors (Lipinski definition) is 2. The Morgan fingerprint density at radius 3 is 2.26 bits per heavy atom. The third kappa shape index (κ3) is 5.27. The van der Waals surface area contributed by atoms with Crippen LogP contribution in [0.3, 0.4) is 0 Å². The quantitative estimate of drug-likeness (QED) is 0.582. The SMILES string of the molecule is COCC(NC(=O)OCC1c2ccccc2-c2ccccc21)C(=O)N1CCN(CC(=O)O)C(=O)C1. The number of nitrogens with zero attached hydrogens (tertiary/aromatic N) is 2. The zero-order chi connectivity index (χ0) is 24.9. The van der Waals surface area contributed by atoms with Crippen LogP contribution in [-0.2, 0) is 23.9 Å². The molecule has 4 rings (SSSR count). The minimum Gasteiger partial charge on any atom is -0.480 e. The molecule has 0 bridgehead atoms. The smallest absolute Gasteiger partial charge is 0.407 e. The molecule has 2 aromatic carbocycles. The highest BCUT2D eigenvalue weighted by Crippen LogP contribution is 2.44. The first-order valence-corrected chi connectivity index (χ1v) is 11.3. The molecule has 35 heavy (non-hydrogen) atoms. The lowest BCUT2D eigenvalue weighted by atomic mass is 9.98. The number of carboxylic acids is 1. The van der Waals surface area contributed by atoms with Gasteiger partial charge in [-0.2, -0.15) is 0 Å². The predicted molar refractivity (Wildman–Crippen MR) is 125 cm³/mol. The lowest BCUT2D eigenvalue weighted by Crippen LogP contribution is -2.58. The molecule has 1 heterocycles. The van der Waals surface area contributed by atoms with Gasteiger partial charge in [-0.05, 0) is 22.3 Å². The average Bonchev–Trinajstić information content (AvgIpc) is 3.17. The number of hydrogen-bond acceptors (Lipinski definition) is 6. The first-order chi connectivity index (χ1) is 16.9. The van der Waals surface area contributed by atoms with Gasteiger partial charge in [0.2, 0.25) is 11.8 Å². The van der Waals surface area contributed by atoms with Gasteiger partial charge in [0.1, 0.15) is 19.2 Å². The number of carboxylic acid groups (broad SMARTS) is 1. The van der Waals surface area contributed by atoms with Gasteiger partial charge in [0, 0.05) is 26.1 Å². The fourth-order valence-corrected chi connectivity index (χ4v) is 4.57. The van der Waals surface area contributed by atoms with Gasteiger partial charge in [-0.15, -0.1) is 0 Å². The number of carbonyl (C=O) groups is 4. The van der Waals surface area contributed by atoms with Crippen LogP contribution in [0.2, 0.25) is 0 Å². The molecule has 0 aromatic heterocycles. The van der Waals surface area contributed by atoms with Crippen LogP contribution in [0.25, 0.3) is 11.1 Å². The molecule has 1 atom stereocenters. The lowest BCUT2D eigenvalue weighted by molar-refractivity contribution is -0.151. The minimum atomic E-state index is -1.12. The van der Waals surface area contributed by atoms with E-state index in [1.807, 2.05) is 48.5 Å². The Morgan fingerprint density at radius 2 is 1.69 bits per heavy atom. The van der Waals surface area contributed by atoms with Gasteiger partial charge in [0.15, 0.2) is 0 Å². The molecule has 1 aliphatic heterocycles. The minimum absolute atomic E-state index is 0.0973. The van der Waals surface area contributed by atoms with Crippen molar-refractivity contribution in [1.29, 1.82) is 0 Å². The highest BCUT2D eigenvalue weighted by molar-refractivity contribution is 5.91. The topological polar surface area (TPSA) is 125 Å². The number of carbonyl (C=O) groups excluding carboxylic acids is 3. The third-order valence-corrected chi connectivity index (χ3v) is 6.22. The molecule has 0 spiro atoms. The van der Waals surface area contributed by atoms with Crippen LogP contribution in [0.5, 0.6) is 0 Å². The second-order valence-corrected chi connectivity index (χ2v) is 8.45. The second kappa shape index (κ2) is 10.6. The van der Waals surface area contributed by atoms with Crippen molar-refractivity contribution in [3.05, 3.63) is 59.7 Å². The first-order valence-electron chi connectivity index (χ1n) is 11.3. The zero-order valence-corrected chi connectivity index (χ0v) is 19.3. The second-order valence-electron chi connectivity index (χ2n) is 8.45. The highest BCUT2D eigenvalue weighted by Gasteiger charge is 2.34. The summed E-state index contributed by atoms with van der Waals surface area (Å²) in [4.78, 5) is 51.2. The van der Waals surface area contributed by atoms with Gasteiger partial charge in [0.05, 0.1) is 13.2 Å². The molecule has 0 saturated carbocycles. The molecule has 1 aliphatic carbocycles. The number of rotatable bonds is 8. The van der Waals surface area contributed by atoms with Crippen molar-refractivity contribution in [1.82, 2.24) is 15.1 Å². The van der Waals surface area contributed by atoms with E-state index in [1.54, 1.807) is 0 Å². The van der Waals surface area contributed by atoms with E-state index in [9.17, 15) is 19.2 Å². The Hall–Kier alpha value is -3.92. The van der Waals surface area contributed by atoms with Crippen LogP contribution in [0.4, 0.5) is 4.79 Å². The molecule has 1 fully saturated rings. The Morgan fingerprint density at radius 1 is 1.06 bits per heavy atom. The van der Waals surface area contributed by atoms with Crippen LogP contribution in [0.15, 0.2) is 48.5 Å². The number of amides is 3. The average molecular weight is 482 g/mol. The largest absolute Gasteiger partial charge is 0.480 e. The number of methoxy groups -OCH3 is 1. The number of piperazine rings is 1. The van der Waals surface area contributed by atoms with E-state index in [0.717, 1.165) is 22.3 Å². The van der Waals surface area contributed by atoms with Crippen molar-refractivity contribution >= 4 is 23.9 Å². The van der Waals surface area contributed by atoms with Gasteiger partial charge in [-0.1, -0.05) is 48.5 Å². The van der Waals surface area contributed by atoms with Gasteiger partial charge >= 0.3 is 12.1 Å². The van der Waals surface area contributed by atoms with Gasteiger partial charge in [-0.25, -0.2) is 4.79 Å². The summed E-state index contributed by atoms with van der Waals surface area (Å²) in [5, 5.41) is 11.4. The van der Waals surface area contributed by atoms with Gasteiger partial charge in [0.25, 0.3) is 0 Å². The summed E-state index contributed by atoms with van der Waals surface area (Å²) in [7, 11) is 1.40. The number of benzene rings is 2. The normalized spacial score (nSPS) is 15.9. The van der Waals surface area contributed by atoms with Crippen molar-refractivity contribution in [2.24, 2.45) is 0 Å². The summed E-state index contributed by atoms with van der Waals surface area (Å²) in [6.07, 6.45) is -0.766. The Balaban J connectivity index is 1.37. The summed E-state index contributed by atoms with van der Waals surface area (Å²) in [6.45, 7) is -0.433. The summed E-state index contributed by atoms with van der Waals surface area (Å²) in [5.74, 6) is -2.20. The van der Waals surface area contributed by atoms with E-state index in [2.05, 4.69) is 5.32 Å². The van der Waals surface area contributed by atoms with Crippen LogP contribution < -0.4 is 5.32 Å².